The molecule has 31 heavy (non-hydrogen) atoms. The molecule has 154 valence electrons. The smallest absolute Gasteiger partial charge is 0.298 e. The van der Waals surface area contributed by atoms with Gasteiger partial charge in [-0.15, -0.1) is 0 Å². The number of benzene rings is 2. The lowest BCUT2D eigenvalue weighted by atomic mass is 10.0. The minimum absolute atomic E-state index is 0.369. The molecule has 1 aliphatic heterocycles. The van der Waals surface area contributed by atoms with Gasteiger partial charge in [0.2, 0.25) is 0 Å². The number of rotatable bonds is 5. The Labute approximate surface area is 180 Å². The summed E-state index contributed by atoms with van der Waals surface area (Å²) < 4.78 is 1.78. The molecule has 5 heteroatoms. The van der Waals surface area contributed by atoms with Crippen LogP contribution in [0.5, 0.6) is 0 Å². The summed E-state index contributed by atoms with van der Waals surface area (Å²) in [5.41, 5.74) is 4.64. The Hall–Kier alpha value is -3.86. The van der Waals surface area contributed by atoms with Crippen LogP contribution in [0.25, 0.3) is 16.6 Å². The highest BCUT2D eigenvalue weighted by Crippen LogP contribution is 2.29. The summed E-state index contributed by atoms with van der Waals surface area (Å²) >= 11 is 0. The van der Waals surface area contributed by atoms with Crippen molar-refractivity contribution >= 4 is 28.6 Å². The van der Waals surface area contributed by atoms with Crippen LogP contribution in [0.3, 0.4) is 0 Å². The average molecular weight is 409 g/mol. The third kappa shape index (κ3) is 3.70. The molecule has 1 aliphatic rings. The maximum atomic E-state index is 13.3. The monoisotopic (exact) mass is 409 g/mol. The van der Waals surface area contributed by atoms with E-state index in [4.69, 9.17) is 0 Å². The molecule has 0 spiro atoms. The van der Waals surface area contributed by atoms with Gasteiger partial charge in [-0.3, -0.25) is 9.59 Å². The van der Waals surface area contributed by atoms with Crippen LogP contribution in [-0.2, 0) is 4.79 Å². The van der Waals surface area contributed by atoms with Crippen molar-refractivity contribution < 1.29 is 9.59 Å². The first kappa shape index (κ1) is 19.1. The maximum Gasteiger partial charge on any atom is 0.298 e. The number of carbonyl (C=O) groups is 2. The predicted molar refractivity (Wildman–Crippen MR) is 124 cm³/mol. The Morgan fingerprint density at radius 1 is 0.806 bits per heavy atom. The summed E-state index contributed by atoms with van der Waals surface area (Å²) in [5.74, 6) is -1.20. The highest BCUT2D eigenvalue weighted by atomic mass is 16.2. The van der Waals surface area contributed by atoms with Gasteiger partial charge < -0.3 is 14.6 Å². The number of pyridine rings is 1. The molecule has 1 saturated heterocycles. The fourth-order valence-corrected chi connectivity index (χ4v) is 4.22. The summed E-state index contributed by atoms with van der Waals surface area (Å²) in [7, 11) is 0. The van der Waals surface area contributed by atoms with Crippen molar-refractivity contribution in [2.45, 2.75) is 12.8 Å². The molecule has 2 aromatic heterocycles. The number of aromatic nitrogens is 1. The zero-order valence-electron chi connectivity index (χ0n) is 17.1. The van der Waals surface area contributed by atoms with E-state index >= 15 is 0 Å². The highest BCUT2D eigenvalue weighted by molar-refractivity contribution is 6.47. The van der Waals surface area contributed by atoms with Gasteiger partial charge in [0.25, 0.3) is 11.7 Å². The molecule has 0 aliphatic carbocycles. The first-order valence-corrected chi connectivity index (χ1v) is 10.6. The van der Waals surface area contributed by atoms with Gasteiger partial charge in [0.05, 0.1) is 0 Å². The van der Waals surface area contributed by atoms with Crippen LogP contribution in [0.2, 0.25) is 0 Å². The van der Waals surface area contributed by atoms with Crippen LogP contribution in [-0.4, -0.2) is 29.2 Å². The molecule has 1 amide bonds. The number of nitrogens with zero attached hydrogens (tertiary/aromatic N) is 2. The summed E-state index contributed by atoms with van der Waals surface area (Å²) in [4.78, 5) is 28.5. The van der Waals surface area contributed by atoms with Crippen LogP contribution in [0.4, 0.5) is 11.4 Å². The molecule has 5 nitrogen and oxygen atoms in total. The van der Waals surface area contributed by atoms with Gasteiger partial charge in [-0.1, -0.05) is 36.4 Å². The van der Waals surface area contributed by atoms with E-state index in [9.17, 15) is 9.59 Å². The topological polar surface area (TPSA) is 53.8 Å². The Bertz CT molecular complexity index is 1240. The molecule has 1 N–H and O–H groups in total. The van der Waals surface area contributed by atoms with E-state index in [2.05, 4.69) is 10.2 Å². The van der Waals surface area contributed by atoms with Crippen LogP contribution < -0.4 is 10.2 Å². The minimum atomic E-state index is -0.644. The van der Waals surface area contributed by atoms with Crippen molar-refractivity contribution in [3.8, 4) is 11.1 Å². The fourth-order valence-electron chi connectivity index (χ4n) is 4.22. The molecule has 5 rings (SSSR count). The van der Waals surface area contributed by atoms with E-state index in [1.165, 1.54) is 12.8 Å². The first-order chi connectivity index (χ1) is 15.2. The number of fused-ring (bicyclic) bond motifs is 1. The molecule has 1 fully saturated rings. The van der Waals surface area contributed by atoms with E-state index in [0.29, 0.717) is 11.4 Å². The number of nitrogens with one attached hydrogen (secondary N) is 1. The van der Waals surface area contributed by atoms with Crippen molar-refractivity contribution in [3.63, 3.8) is 0 Å². The second-order valence-electron chi connectivity index (χ2n) is 7.79. The third-order valence-electron chi connectivity index (χ3n) is 5.78. The number of amides is 1. The summed E-state index contributed by atoms with van der Waals surface area (Å²) in [5, 5.41) is 2.77. The van der Waals surface area contributed by atoms with E-state index in [1.807, 2.05) is 85.1 Å². The lowest BCUT2D eigenvalue weighted by Crippen LogP contribution is -2.24. The van der Waals surface area contributed by atoms with E-state index in [0.717, 1.165) is 35.4 Å². The van der Waals surface area contributed by atoms with Crippen molar-refractivity contribution in [1.29, 1.82) is 0 Å². The minimum Gasteiger partial charge on any atom is -0.372 e. The normalized spacial score (nSPS) is 13.5. The number of carbonyl (C=O) groups excluding carboxylic acids is 2. The van der Waals surface area contributed by atoms with Gasteiger partial charge in [-0.05, 0) is 60.9 Å². The van der Waals surface area contributed by atoms with Gasteiger partial charge in [0.15, 0.2) is 0 Å². The van der Waals surface area contributed by atoms with E-state index < -0.39 is 11.7 Å². The summed E-state index contributed by atoms with van der Waals surface area (Å²) in [6, 6.07) is 25.0. The summed E-state index contributed by atoms with van der Waals surface area (Å²) in [6.07, 6.45) is 4.23. The maximum absolute atomic E-state index is 13.3. The molecular formula is C26H23N3O2. The van der Waals surface area contributed by atoms with E-state index in [1.54, 1.807) is 4.40 Å². The summed E-state index contributed by atoms with van der Waals surface area (Å²) in [6.45, 7) is 2.13. The molecule has 0 saturated carbocycles. The second-order valence-corrected chi connectivity index (χ2v) is 7.79. The standard InChI is InChI=1S/C26H23N3O2/c30-25(26(31)27-20-11-13-21(14-12-20)28-15-6-7-16-28)24-23(19-8-2-1-3-9-19)18-22-10-4-5-17-29(22)24/h1-5,8-14,17-18H,6-7,15-16H2,(H,27,31). The van der Waals surface area contributed by atoms with Gasteiger partial charge in [-0.2, -0.15) is 0 Å². The number of Topliss-reactive ketones (excluding diaryl/α,β-unsaturated/α-hetero) is 1. The Morgan fingerprint density at radius 2 is 1.52 bits per heavy atom. The second kappa shape index (κ2) is 8.11. The van der Waals surface area contributed by atoms with Crippen molar-refractivity contribution in [2.24, 2.45) is 0 Å². The zero-order valence-corrected chi connectivity index (χ0v) is 17.1. The quantitative estimate of drug-likeness (QED) is 0.372. The Kier molecular flexibility index (Phi) is 5.00. The SMILES string of the molecule is O=C(Nc1ccc(N2CCCC2)cc1)C(=O)c1c(-c2ccccc2)cc2ccccn12. The van der Waals surface area contributed by atoms with Crippen molar-refractivity contribution in [2.75, 3.05) is 23.3 Å². The third-order valence-corrected chi connectivity index (χ3v) is 5.78. The lowest BCUT2D eigenvalue weighted by molar-refractivity contribution is -0.112. The molecule has 2 aromatic carbocycles. The number of hydrogen-bond donors (Lipinski definition) is 1. The highest BCUT2D eigenvalue weighted by Gasteiger charge is 2.25. The number of ketones is 1. The average Bonchev–Trinajstić information content (AvgIpc) is 3.48. The van der Waals surface area contributed by atoms with Gasteiger partial charge in [0, 0.05) is 41.7 Å². The van der Waals surface area contributed by atoms with Gasteiger partial charge in [0.1, 0.15) is 5.69 Å². The van der Waals surface area contributed by atoms with Gasteiger partial charge >= 0.3 is 0 Å². The molecule has 0 unspecified atom stereocenters. The molecule has 0 atom stereocenters. The zero-order chi connectivity index (χ0) is 21.2. The van der Waals surface area contributed by atoms with Crippen LogP contribution in [0, 0.1) is 0 Å². The Balaban J connectivity index is 1.44. The molecule has 4 aromatic rings. The number of hydrogen-bond acceptors (Lipinski definition) is 3. The first-order valence-electron chi connectivity index (χ1n) is 10.6. The van der Waals surface area contributed by atoms with Crippen LogP contribution in [0.15, 0.2) is 85.1 Å². The molecule has 0 radical (unpaired) electrons. The predicted octanol–water partition coefficient (Wildman–Crippen LogP) is 5.03. The van der Waals surface area contributed by atoms with Crippen LogP contribution >= 0.6 is 0 Å². The lowest BCUT2D eigenvalue weighted by Gasteiger charge is -2.17. The van der Waals surface area contributed by atoms with Gasteiger partial charge in [-0.25, -0.2) is 0 Å². The van der Waals surface area contributed by atoms with Crippen molar-refractivity contribution in [1.82, 2.24) is 4.40 Å². The van der Waals surface area contributed by atoms with E-state index in [-0.39, 0.29) is 0 Å². The van der Waals surface area contributed by atoms with Crippen molar-refractivity contribution in [3.05, 3.63) is 90.8 Å². The Morgan fingerprint density at radius 3 is 2.26 bits per heavy atom. The molecule has 0 bridgehead atoms. The number of anilines is 2. The van der Waals surface area contributed by atoms with Crippen LogP contribution in [0.1, 0.15) is 23.3 Å². The largest absolute Gasteiger partial charge is 0.372 e. The molecule has 3 heterocycles. The molecular weight excluding hydrogens is 386 g/mol. The fraction of sp³-hybridized carbons (Fsp3) is 0.154.